The molecule has 3 heteroatoms. The van der Waals surface area contributed by atoms with Crippen molar-refractivity contribution in [2.45, 2.75) is 57.2 Å². The van der Waals surface area contributed by atoms with Crippen molar-refractivity contribution in [2.24, 2.45) is 5.92 Å². The Hall–Kier alpha value is -1.06. The van der Waals surface area contributed by atoms with E-state index in [9.17, 15) is 10.2 Å². The zero-order valence-electron chi connectivity index (χ0n) is 12.0. The maximum atomic E-state index is 10.3. The summed E-state index contributed by atoms with van der Waals surface area (Å²) in [5.74, 6) is 0.791. The van der Waals surface area contributed by atoms with Gasteiger partial charge in [0, 0.05) is 18.5 Å². The van der Waals surface area contributed by atoms with Crippen LogP contribution in [0.2, 0.25) is 0 Å². The molecule has 2 N–H and O–H groups in total. The lowest BCUT2D eigenvalue weighted by atomic mass is 9.80. The van der Waals surface area contributed by atoms with Crippen LogP contribution in [0, 0.1) is 5.92 Å². The molecule has 110 valence electrons. The minimum atomic E-state index is -0.112. The van der Waals surface area contributed by atoms with Gasteiger partial charge in [0.25, 0.3) is 0 Å². The highest BCUT2D eigenvalue weighted by atomic mass is 16.3. The average Bonchev–Trinajstić information content (AvgIpc) is 2.87. The molecule has 1 saturated heterocycles. The highest BCUT2D eigenvalue weighted by Crippen LogP contribution is 2.35. The highest BCUT2D eigenvalue weighted by molar-refractivity contribution is 5.27. The largest absolute Gasteiger partial charge is 0.508 e. The second-order valence-corrected chi connectivity index (χ2v) is 6.37. The third-order valence-electron chi connectivity index (χ3n) is 4.99. The van der Waals surface area contributed by atoms with Crippen LogP contribution in [-0.2, 0) is 6.54 Å². The molecule has 2 fully saturated rings. The fourth-order valence-electron chi connectivity index (χ4n) is 4.01. The summed E-state index contributed by atoms with van der Waals surface area (Å²) < 4.78 is 0. The molecule has 1 aliphatic carbocycles. The number of likely N-dealkylation sites (tertiary alicyclic amines) is 1. The van der Waals surface area contributed by atoms with Gasteiger partial charge in [0.1, 0.15) is 5.75 Å². The van der Waals surface area contributed by atoms with E-state index in [1.165, 1.54) is 37.7 Å². The van der Waals surface area contributed by atoms with Crippen molar-refractivity contribution in [1.82, 2.24) is 4.90 Å². The monoisotopic (exact) mass is 275 g/mol. The maximum Gasteiger partial charge on any atom is 0.115 e. The summed E-state index contributed by atoms with van der Waals surface area (Å²) in [5.41, 5.74) is 1.17. The Kier molecular flexibility index (Phi) is 4.27. The van der Waals surface area contributed by atoms with Gasteiger partial charge in [0.15, 0.2) is 0 Å². The van der Waals surface area contributed by atoms with Gasteiger partial charge in [-0.05, 0) is 49.9 Å². The van der Waals surface area contributed by atoms with Gasteiger partial charge in [-0.15, -0.1) is 0 Å². The molecule has 3 atom stereocenters. The Morgan fingerprint density at radius 1 is 1.10 bits per heavy atom. The number of hydrogen-bond donors (Lipinski definition) is 2. The molecule has 1 aromatic rings. The van der Waals surface area contributed by atoms with E-state index in [4.69, 9.17) is 0 Å². The van der Waals surface area contributed by atoms with Gasteiger partial charge in [-0.3, -0.25) is 4.90 Å². The summed E-state index contributed by atoms with van der Waals surface area (Å²) in [5, 5.41) is 19.9. The van der Waals surface area contributed by atoms with E-state index < -0.39 is 0 Å². The standard InChI is InChI=1S/C17H25NO2/c19-14-6-3-5-13(11-14)12-18-10-4-8-16(18)15-7-1-2-9-17(15)20/h3,5-6,11,15-17,19-20H,1-2,4,7-10,12H2. The Morgan fingerprint density at radius 3 is 2.75 bits per heavy atom. The van der Waals surface area contributed by atoms with E-state index in [-0.39, 0.29) is 6.10 Å². The van der Waals surface area contributed by atoms with Crippen LogP contribution in [0.3, 0.4) is 0 Å². The first-order chi connectivity index (χ1) is 9.74. The molecule has 2 aliphatic rings. The number of aliphatic hydroxyl groups excluding tert-OH is 1. The fourth-order valence-corrected chi connectivity index (χ4v) is 4.01. The average molecular weight is 275 g/mol. The number of aromatic hydroxyl groups is 1. The van der Waals surface area contributed by atoms with E-state index in [1.807, 2.05) is 12.1 Å². The van der Waals surface area contributed by atoms with E-state index in [0.717, 1.165) is 19.5 Å². The predicted molar refractivity (Wildman–Crippen MR) is 79.5 cm³/mol. The molecule has 0 radical (unpaired) electrons. The lowest BCUT2D eigenvalue weighted by molar-refractivity contribution is 0.0201. The van der Waals surface area contributed by atoms with Gasteiger partial charge in [0.2, 0.25) is 0 Å². The van der Waals surface area contributed by atoms with Crippen LogP contribution < -0.4 is 0 Å². The molecule has 20 heavy (non-hydrogen) atoms. The molecule has 0 amide bonds. The van der Waals surface area contributed by atoms with Crippen LogP contribution in [-0.4, -0.2) is 33.8 Å². The second kappa shape index (κ2) is 6.15. The van der Waals surface area contributed by atoms with Crippen LogP contribution in [0.15, 0.2) is 24.3 Å². The number of nitrogens with zero attached hydrogens (tertiary/aromatic N) is 1. The first-order valence-electron chi connectivity index (χ1n) is 7.94. The van der Waals surface area contributed by atoms with Gasteiger partial charge in [-0.25, -0.2) is 0 Å². The number of rotatable bonds is 3. The Morgan fingerprint density at radius 2 is 1.95 bits per heavy atom. The lowest BCUT2D eigenvalue weighted by Crippen LogP contribution is -2.42. The van der Waals surface area contributed by atoms with Gasteiger partial charge in [-0.2, -0.15) is 0 Å². The number of phenols is 1. The smallest absolute Gasteiger partial charge is 0.115 e. The molecule has 1 saturated carbocycles. The van der Waals surface area contributed by atoms with Crippen molar-refractivity contribution in [3.8, 4) is 5.75 Å². The fraction of sp³-hybridized carbons (Fsp3) is 0.647. The van der Waals surface area contributed by atoms with Crippen LogP contribution in [0.5, 0.6) is 5.75 Å². The second-order valence-electron chi connectivity index (χ2n) is 6.37. The first kappa shape index (κ1) is 13.9. The summed E-state index contributed by atoms with van der Waals surface area (Å²) in [6.45, 7) is 2.01. The zero-order valence-corrected chi connectivity index (χ0v) is 12.0. The molecule has 3 rings (SSSR count). The van der Waals surface area contributed by atoms with Crippen LogP contribution in [0.4, 0.5) is 0 Å². The van der Waals surface area contributed by atoms with Crippen molar-refractivity contribution in [3.63, 3.8) is 0 Å². The van der Waals surface area contributed by atoms with Crippen LogP contribution in [0.1, 0.15) is 44.1 Å². The molecule has 1 heterocycles. The SMILES string of the molecule is Oc1cccc(CN2CCCC2C2CCCCC2O)c1. The topological polar surface area (TPSA) is 43.7 Å². The Balaban J connectivity index is 1.69. The molecular weight excluding hydrogens is 250 g/mol. The van der Waals surface area contributed by atoms with Crippen LogP contribution >= 0.6 is 0 Å². The van der Waals surface area contributed by atoms with Crippen molar-refractivity contribution < 1.29 is 10.2 Å². The molecule has 0 spiro atoms. The quantitative estimate of drug-likeness (QED) is 0.891. The number of phenolic OH excluding ortho intramolecular Hbond substituents is 1. The van der Waals surface area contributed by atoms with Crippen LogP contribution in [0.25, 0.3) is 0 Å². The first-order valence-corrected chi connectivity index (χ1v) is 7.94. The summed E-state index contributed by atoms with van der Waals surface area (Å²) in [4.78, 5) is 2.51. The number of aliphatic hydroxyl groups is 1. The molecule has 1 aliphatic heterocycles. The normalized spacial score (nSPS) is 31.6. The van der Waals surface area contributed by atoms with Gasteiger partial charge < -0.3 is 10.2 Å². The van der Waals surface area contributed by atoms with E-state index >= 15 is 0 Å². The molecular formula is C17H25NO2. The van der Waals surface area contributed by atoms with Crippen molar-refractivity contribution in [2.75, 3.05) is 6.54 Å². The summed E-state index contributed by atoms with van der Waals surface area (Å²) in [6, 6.07) is 8.08. The molecule has 1 aromatic carbocycles. The molecule has 0 aromatic heterocycles. The highest BCUT2D eigenvalue weighted by Gasteiger charge is 2.36. The summed E-state index contributed by atoms with van der Waals surface area (Å²) >= 11 is 0. The summed E-state index contributed by atoms with van der Waals surface area (Å²) in [7, 11) is 0. The van der Waals surface area contributed by atoms with E-state index in [2.05, 4.69) is 11.0 Å². The Labute approximate surface area is 121 Å². The molecule has 0 bridgehead atoms. The minimum absolute atomic E-state index is 0.112. The minimum Gasteiger partial charge on any atom is -0.508 e. The Bertz CT molecular complexity index is 448. The van der Waals surface area contributed by atoms with Gasteiger partial charge in [0.05, 0.1) is 6.10 Å². The maximum absolute atomic E-state index is 10.3. The lowest BCUT2D eigenvalue weighted by Gasteiger charge is -2.37. The van der Waals surface area contributed by atoms with Crippen molar-refractivity contribution in [3.05, 3.63) is 29.8 Å². The predicted octanol–water partition coefficient (Wildman–Crippen LogP) is 2.91. The number of hydrogen-bond acceptors (Lipinski definition) is 3. The molecule has 3 unspecified atom stereocenters. The van der Waals surface area contributed by atoms with Gasteiger partial charge >= 0.3 is 0 Å². The van der Waals surface area contributed by atoms with Crippen molar-refractivity contribution >= 4 is 0 Å². The summed E-state index contributed by atoms with van der Waals surface area (Å²) in [6.07, 6.45) is 6.91. The zero-order chi connectivity index (χ0) is 13.9. The third kappa shape index (κ3) is 2.99. The molecule has 3 nitrogen and oxygen atoms in total. The van der Waals surface area contributed by atoms with Gasteiger partial charge in [-0.1, -0.05) is 25.0 Å². The van der Waals surface area contributed by atoms with E-state index in [0.29, 0.717) is 17.7 Å². The third-order valence-corrected chi connectivity index (χ3v) is 4.99. The number of benzene rings is 1. The van der Waals surface area contributed by atoms with E-state index in [1.54, 1.807) is 6.07 Å². The van der Waals surface area contributed by atoms with Crippen molar-refractivity contribution in [1.29, 1.82) is 0 Å².